The van der Waals surface area contributed by atoms with Gasteiger partial charge in [0.2, 0.25) is 11.4 Å². The molecule has 0 aromatic heterocycles. The predicted molar refractivity (Wildman–Crippen MR) is 218 cm³/mol. The molecule has 2 fully saturated rings. The predicted octanol–water partition coefficient (Wildman–Crippen LogP) is 6.65. The second-order valence-corrected chi connectivity index (χ2v) is 19.0. The van der Waals surface area contributed by atoms with E-state index in [1.165, 1.54) is 13.3 Å². The van der Waals surface area contributed by atoms with Crippen molar-refractivity contribution in [3.63, 3.8) is 0 Å². The van der Waals surface area contributed by atoms with Crippen LogP contribution in [-0.4, -0.2) is 78.1 Å². The number of Topliss-reactive ketones (excluding diaryl/α,β-unsaturated/α-hetero) is 2. The summed E-state index contributed by atoms with van der Waals surface area (Å²) in [7, 11) is 0. The van der Waals surface area contributed by atoms with E-state index in [0.717, 1.165) is 58.7 Å². The summed E-state index contributed by atoms with van der Waals surface area (Å²) in [4.78, 5) is 58.1. The van der Waals surface area contributed by atoms with Crippen molar-refractivity contribution < 1.29 is 68.5 Å². The van der Waals surface area contributed by atoms with Gasteiger partial charge in [0.05, 0.1) is 30.1 Å². The van der Waals surface area contributed by atoms with E-state index < -0.39 is 59.6 Å². The largest absolute Gasteiger partial charge is 0.481 e. The maximum absolute atomic E-state index is 14.9. The fourth-order valence-corrected chi connectivity index (χ4v) is 11.1. The van der Waals surface area contributed by atoms with Gasteiger partial charge in [0.25, 0.3) is 6.29 Å². The molecule has 61 heavy (non-hydrogen) atoms. The second-order valence-electron chi connectivity index (χ2n) is 19.0. The lowest BCUT2D eigenvalue weighted by atomic mass is 9.60. The van der Waals surface area contributed by atoms with Gasteiger partial charge in [-0.05, 0) is 85.3 Å². The molecule has 2 bridgehead atoms. The zero-order chi connectivity index (χ0) is 44.4. The number of carboxylic acids is 3. The molecule has 6 atom stereocenters. The van der Waals surface area contributed by atoms with Gasteiger partial charge in [0.1, 0.15) is 11.5 Å². The number of fused-ring (bicyclic) bond motifs is 11. The van der Waals surface area contributed by atoms with E-state index in [4.69, 9.17) is 39.4 Å². The van der Waals surface area contributed by atoms with Crippen LogP contribution < -0.4 is 9.47 Å². The van der Waals surface area contributed by atoms with Crippen molar-refractivity contribution in [3.8, 4) is 11.5 Å². The maximum atomic E-state index is 14.9. The molecular formula is C47H52O14. The minimum Gasteiger partial charge on any atom is -0.481 e. The number of ketones is 2. The van der Waals surface area contributed by atoms with Crippen LogP contribution in [0.2, 0.25) is 0 Å². The first-order chi connectivity index (χ1) is 28.5. The van der Waals surface area contributed by atoms with Gasteiger partial charge in [-0.1, -0.05) is 64.4 Å². The van der Waals surface area contributed by atoms with Gasteiger partial charge in [-0.15, -0.1) is 0 Å². The Bertz CT molecular complexity index is 2460. The van der Waals surface area contributed by atoms with Gasteiger partial charge in [0, 0.05) is 35.1 Å². The molecule has 6 aliphatic rings. The third-order valence-corrected chi connectivity index (χ3v) is 13.9. The third kappa shape index (κ3) is 6.43. The van der Waals surface area contributed by atoms with E-state index >= 15 is 0 Å². The van der Waals surface area contributed by atoms with Crippen molar-refractivity contribution in [1.82, 2.24) is 0 Å². The third-order valence-electron chi connectivity index (χ3n) is 13.9. The highest BCUT2D eigenvalue weighted by atomic mass is 16.7. The first-order valence-corrected chi connectivity index (χ1v) is 20.8. The molecule has 5 N–H and O–H groups in total. The van der Waals surface area contributed by atoms with Crippen LogP contribution in [0.15, 0.2) is 42.0 Å². The van der Waals surface area contributed by atoms with Crippen LogP contribution in [0.5, 0.6) is 11.5 Å². The van der Waals surface area contributed by atoms with E-state index in [0.29, 0.717) is 34.3 Å². The summed E-state index contributed by atoms with van der Waals surface area (Å²) in [5, 5.41) is 47.9. The van der Waals surface area contributed by atoms with Gasteiger partial charge >= 0.3 is 17.9 Å². The smallest absolute Gasteiger partial charge is 0.336 e. The highest BCUT2D eigenvalue weighted by Crippen LogP contribution is 2.65. The molecule has 14 heteroatoms. The summed E-state index contributed by atoms with van der Waals surface area (Å²) in [6, 6.07) is 11.9. The Morgan fingerprint density at radius 3 is 2.25 bits per heavy atom. The fourth-order valence-electron chi connectivity index (χ4n) is 11.1. The zero-order valence-electron chi connectivity index (χ0n) is 35.3. The summed E-state index contributed by atoms with van der Waals surface area (Å²) in [6.07, 6.45) is 1.39. The quantitative estimate of drug-likeness (QED) is 0.160. The summed E-state index contributed by atoms with van der Waals surface area (Å²) >= 11 is 0. The number of aliphatic hydroxyl groups is 2. The van der Waals surface area contributed by atoms with Crippen LogP contribution in [0.25, 0.3) is 16.5 Å². The van der Waals surface area contributed by atoms with E-state index in [2.05, 4.69) is 33.8 Å². The number of hydrogen-bond donors (Lipinski definition) is 5. The SMILES string of the molecule is CC(=O)C[C@]1(O)C(=O)C2=C(O[C@@H]3Oc4c(C(C)C)cc5c(c4O[C@]23C)C[C@@]23CCCC(C)(C)[C@@H]2C[C@H]5O3)c2ccc3c(C)cccc3c21.O=C(O)CC(O)(CC(=O)O)C(=O)O. The first-order valence-electron chi connectivity index (χ1n) is 20.8. The molecule has 0 amide bonds. The lowest BCUT2D eigenvalue weighted by Gasteiger charge is -2.49. The van der Waals surface area contributed by atoms with Crippen molar-refractivity contribution in [2.24, 2.45) is 11.3 Å². The normalized spacial score (nSPS) is 28.7. The number of hydrogen-bond acceptors (Lipinski definition) is 11. The fraction of sp³-hybridized carbons (Fsp3) is 0.511. The number of benzene rings is 3. The summed E-state index contributed by atoms with van der Waals surface area (Å²) in [5.74, 6) is -3.64. The van der Waals surface area contributed by atoms with Crippen molar-refractivity contribution in [2.45, 2.75) is 141 Å². The Balaban J connectivity index is 0.000000344. The molecule has 14 nitrogen and oxygen atoms in total. The Kier molecular flexibility index (Phi) is 9.81. The molecule has 1 saturated carbocycles. The van der Waals surface area contributed by atoms with Crippen molar-refractivity contribution >= 4 is 46.0 Å². The van der Waals surface area contributed by atoms with E-state index in [-0.39, 0.29) is 40.8 Å². The van der Waals surface area contributed by atoms with Crippen molar-refractivity contribution in [1.29, 1.82) is 0 Å². The standard InChI is InChI=1S/C41H44O7.C6H8O7/c1-20(2)26-16-27-28(19-40-15-9-14-38(5,6)30(40)17-29(27)47-40)35-34(26)46-37-39(7,48-35)32-33(45-37)25-13-12-23-21(3)10-8-11-24(23)31(25)41(44,36(32)43)18-22(4)42;7-3(8)1-6(13,5(11)12)2-4(9)10/h8,10-13,16,20,29-30,37,44H,9,14-15,17-19H2,1-7H3;13H,1-2H2,(H,7,8)(H,9,10)(H,11,12)/t29-,30+,37-,39-,40+,41-;/m1./s1. The number of carbonyl (C=O) groups is 5. The minimum absolute atomic E-state index is 0.0248. The van der Waals surface area contributed by atoms with Crippen LogP contribution in [0, 0.1) is 18.3 Å². The molecular weight excluding hydrogens is 789 g/mol. The Morgan fingerprint density at radius 2 is 1.62 bits per heavy atom. The Labute approximate surface area is 352 Å². The van der Waals surface area contributed by atoms with Crippen LogP contribution >= 0.6 is 0 Å². The average molecular weight is 841 g/mol. The van der Waals surface area contributed by atoms with Crippen molar-refractivity contribution in [2.75, 3.05) is 0 Å². The number of carboxylic acid groups (broad SMARTS) is 3. The molecule has 2 aliphatic carbocycles. The Hall–Kier alpha value is -5.31. The molecule has 4 aliphatic heterocycles. The van der Waals surface area contributed by atoms with Crippen molar-refractivity contribution in [3.05, 3.63) is 75.4 Å². The number of rotatable bonds is 8. The summed E-state index contributed by atoms with van der Waals surface area (Å²) in [6.45, 7) is 14.3. The molecule has 9 rings (SSSR count). The van der Waals surface area contributed by atoms with Gasteiger partial charge in [-0.25, -0.2) is 4.79 Å². The van der Waals surface area contributed by atoms with E-state index in [1.807, 2.05) is 44.2 Å². The number of aliphatic carboxylic acids is 3. The molecule has 4 heterocycles. The Morgan fingerprint density at radius 1 is 0.934 bits per heavy atom. The molecule has 1 saturated heterocycles. The topological polar surface area (TPSA) is 223 Å². The molecule has 0 radical (unpaired) electrons. The van der Waals surface area contributed by atoms with Crippen LogP contribution in [0.1, 0.15) is 132 Å². The molecule has 324 valence electrons. The van der Waals surface area contributed by atoms with Gasteiger partial charge in [-0.2, -0.15) is 0 Å². The molecule has 3 aromatic carbocycles. The maximum Gasteiger partial charge on any atom is 0.336 e. The van der Waals surface area contributed by atoms with E-state index in [9.17, 15) is 29.1 Å². The van der Waals surface area contributed by atoms with E-state index in [1.54, 1.807) is 0 Å². The summed E-state index contributed by atoms with van der Waals surface area (Å²) in [5.41, 5.74) is -0.789. The van der Waals surface area contributed by atoms with Gasteiger partial charge < -0.3 is 44.5 Å². The first kappa shape index (κ1) is 42.4. The monoisotopic (exact) mass is 840 g/mol. The molecule has 1 spiro atoms. The molecule has 0 unspecified atom stereocenters. The lowest BCUT2D eigenvalue weighted by molar-refractivity contribution is -0.170. The second kappa shape index (κ2) is 14.1. The highest BCUT2D eigenvalue weighted by molar-refractivity contribution is 6.16. The number of carbonyl (C=O) groups excluding carboxylic acids is 2. The van der Waals surface area contributed by atoms with Gasteiger partial charge in [0.15, 0.2) is 22.7 Å². The van der Waals surface area contributed by atoms with Crippen LogP contribution in [0.3, 0.4) is 0 Å². The number of ether oxygens (including phenoxy) is 4. The highest BCUT2D eigenvalue weighted by Gasteiger charge is 2.65. The average Bonchev–Trinajstić information content (AvgIpc) is 3.64. The zero-order valence-corrected chi connectivity index (χ0v) is 35.3. The lowest BCUT2D eigenvalue weighted by Crippen LogP contribution is -2.55. The summed E-state index contributed by atoms with van der Waals surface area (Å²) < 4.78 is 27.7. The van der Waals surface area contributed by atoms with Crippen LogP contribution in [0.4, 0.5) is 0 Å². The number of aryl methyl sites for hydroxylation is 1. The van der Waals surface area contributed by atoms with Crippen LogP contribution in [-0.2, 0) is 45.5 Å². The molecule has 3 aromatic rings. The van der Waals surface area contributed by atoms with Gasteiger partial charge in [-0.3, -0.25) is 19.2 Å². The minimum atomic E-state index is -2.74.